The Labute approximate surface area is 82.3 Å². The Morgan fingerprint density at radius 1 is 1.43 bits per heavy atom. The molecule has 0 amide bonds. The fourth-order valence-corrected chi connectivity index (χ4v) is 1.79. The molecule has 0 radical (unpaired) electrons. The van der Waals surface area contributed by atoms with Crippen LogP contribution in [0.1, 0.15) is 12.0 Å². The number of aliphatic hydroxyl groups is 1. The van der Waals surface area contributed by atoms with Gasteiger partial charge in [-0.25, -0.2) is 0 Å². The van der Waals surface area contributed by atoms with Gasteiger partial charge in [0, 0.05) is 6.42 Å². The highest BCUT2D eigenvalue weighted by Crippen LogP contribution is 2.47. The lowest BCUT2D eigenvalue weighted by Crippen LogP contribution is -2.34. The van der Waals surface area contributed by atoms with Gasteiger partial charge in [0.2, 0.25) is 0 Å². The SMILES string of the molecule is Cc1ccc2c(c1)OCC1(C[C@H]1O)O2. The van der Waals surface area contributed by atoms with Crippen LogP contribution in [0, 0.1) is 6.92 Å². The van der Waals surface area contributed by atoms with Crippen LogP contribution >= 0.6 is 0 Å². The van der Waals surface area contributed by atoms with Crippen LogP contribution in [0.25, 0.3) is 0 Å². The summed E-state index contributed by atoms with van der Waals surface area (Å²) in [6.07, 6.45) is 0.317. The van der Waals surface area contributed by atoms with Crippen molar-refractivity contribution in [3.63, 3.8) is 0 Å². The Balaban J connectivity index is 1.96. The van der Waals surface area contributed by atoms with E-state index in [1.807, 2.05) is 25.1 Å². The summed E-state index contributed by atoms with van der Waals surface area (Å²) < 4.78 is 11.3. The van der Waals surface area contributed by atoms with Gasteiger partial charge >= 0.3 is 0 Å². The van der Waals surface area contributed by atoms with Crippen molar-refractivity contribution >= 4 is 0 Å². The molecule has 1 heterocycles. The van der Waals surface area contributed by atoms with E-state index in [9.17, 15) is 5.11 Å². The Morgan fingerprint density at radius 3 is 2.93 bits per heavy atom. The normalized spacial score (nSPS) is 33.1. The maximum atomic E-state index is 9.42. The fourth-order valence-electron chi connectivity index (χ4n) is 1.79. The molecule has 1 N–H and O–H groups in total. The van der Waals surface area contributed by atoms with Gasteiger partial charge in [0.25, 0.3) is 0 Å². The molecule has 1 unspecified atom stereocenters. The summed E-state index contributed by atoms with van der Waals surface area (Å²) in [5, 5.41) is 9.42. The molecule has 2 aliphatic rings. The summed E-state index contributed by atoms with van der Waals surface area (Å²) in [5.41, 5.74) is 0.710. The van der Waals surface area contributed by atoms with E-state index >= 15 is 0 Å². The molecule has 74 valence electrons. The molecule has 1 aliphatic carbocycles. The Bertz CT molecular complexity index is 388. The summed E-state index contributed by atoms with van der Waals surface area (Å²) >= 11 is 0. The first kappa shape index (κ1) is 8.12. The molecule has 3 heteroatoms. The number of rotatable bonds is 0. The van der Waals surface area contributed by atoms with E-state index in [0.29, 0.717) is 13.0 Å². The van der Waals surface area contributed by atoms with Crippen molar-refractivity contribution in [1.82, 2.24) is 0 Å². The van der Waals surface area contributed by atoms with Crippen LogP contribution in [0.3, 0.4) is 0 Å². The summed E-state index contributed by atoms with van der Waals surface area (Å²) in [6.45, 7) is 2.48. The number of hydrogen-bond donors (Lipinski definition) is 1. The molecule has 1 aromatic carbocycles. The van der Waals surface area contributed by atoms with E-state index in [0.717, 1.165) is 17.1 Å². The predicted octanol–water partition coefficient (Wildman–Crippen LogP) is 1.27. The first-order chi connectivity index (χ1) is 6.70. The van der Waals surface area contributed by atoms with Crippen molar-refractivity contribution in [3.8, 4) is 11.5 Å². The zero-order valence-corrected chi connectivity index (χ0v) is 7.99. The number of aliphatic hydroxyl groups excluding tert-OH is 1. The summed E-state index contributed by atoms with van der Waals surface area (Å²) in [4.78, 5) is 0. The molecule has 0 saturated heterocycles. The Kier molecular flexibility index (Phi) is 1.40. The number of benzene rings is 1. The number of aryl methyl sites for hydroxylation is 1. The lowest BCUT2D eigenvalue weighted by molar-refractivity contribution is 0.0345. The van der Waals surface area contributed by atoms with Gasteiger partial charge in [0.15, 0.2) is 17.1 Å². The quantitative estimate of drug-likeness (QED) is 0.672. The Hall–Kier alpha value is -1.22. The number of hydrogen-bond acceptors (Lipinski definition) is 3. The van der Waals surface area contributed by atoms with Crippen LogP contribution in [-0.2, 0) is 0 Å². The summed E-state index contributed by atoms with van der Waals surface area (Å²) in [7, 11) is 0. The van der Waals surface area contributed by atoms with Crippen LogP contribution in [0.2, 0.25) is 0 Å². The molecular weight excluding hydrogens is 180 g/mol. The van der Waals surface area contributed by atoms with Gasteiger partial charge < -0.3 is 14.6 Å². The van der Waals surface area contributed by atoms with Gasteiger partial charge in [-0.05, 0) is 24.6 Å². The first-order valence-electron chi connectivity index (χ1n) is 4.80. The maximum absolute atomic E-state index is 9.42. The van der Waals surface area contributed by atoms with Crippen molar-refractivity contribution in [2.45, 2.75) is 25.0 Å². The van der Waals surface area contributed by atoms with Gasteiger partial charge in [-0.1, -0.05) is 6.07 Å². The van der Waals surface area contributed by atoms with E-state index in [2.05, 4.69) is 0 Å². The highest BCUT2D eigenvalue weighted by atomic mass is 16.6. The monoisotopic (exact) mass is 192 g/mol. The minimum absolute atomic E-state index is 0.364. The van der Waals surface area contributed by atoms with Crippen LogP contribution in [0.5, 0.6) is 11.5 Å². The molecule has 1 aliphatic heterocycles. The minimum atomic E-state index is -0.442. The lowest BCUT2D eigenvalue weighted by atomic mass is 10.2. The standard InChI is InChI=1S/C11H12O3/c1-7-2-3-8-9(4-7)13-6-11(14-8)5-10(11)12/h2-4,10,12H,5-6H2,1H3/t10-,11?/m1/s1. The van der Waals surface area contributed by atoms with E-state index in [-0.39, 0.29) is 6.10 Å². The van der Waals surface area contributed by atoms with Crippen LogP contribution in [0.4, 0.5) is 0 Å². The third kappa shape index (κ3) is 1.02. The van der Waals surface area contributed by atoms with Crippen molar-refractivity contribution in [2.24, 2.45) is 0 Å². The van der Waals surface area contributed by atoms with Gasteiger partial charge in [0.05, 0.1) is 0 Å². The van der Waals surface area contributed by atoms with Gasteiger partial charge in [-0.3, -0.25) is 0 Å². The smallest absolute Gasteiger partial charge is 0.171 e. The number of ether oxygens (including phenoxy) is 2. The zero-order chi connectivity index (χ0) is 9.76. The molecular formula is C11H12O3. The molecule has 1 aromatic rings. The average molecular weight is 192 g/mol. The van der Waals surface area contributed by atoms with Crippen molar-refractivity contribution < 1.29 is 14.6 Å². The predicted molar refractivity (Wildman–Crippen MR) is 50.7 cm³/mol. The minimum Gasteiger partial charge on any atom is -0.485 e. The summed E-state index contributed by atoms with van der Waals surface area (Å²) in [6, 6.07) is 5.84. The molecule has 0 aromatic heterocycles. The van der Waals surface area contributed by atoms with Gasteiger partial charge in [-0.2, -0.15) is 0 Å². The largest absolute Gasteiger partial charge is 0.485 e. The van der Waals surface area contributed by atoms with E-state index in [4.69, 9.17) is 9.47 Å². The molecule has 0 bridgehead atoms. The molecule has 14 heavy (non-hydrogen) atoms. The molecule has 3 rings (SSSR count). The fraction of sp³-hybridized carbons (Fsp3) is 0.455. The zero-order valence-electron chi connectivity index (χ0n) is 7.99. The maximum Gasteiger partial charge on any atom is 0.171 e. The molecule has 1 spiro atoms. The Morgan fingerprint density at radius 2 is 2.21 bits per heavy atom. The lowest BCUT2D eigenvalue weighted by Gasteiger charge is -2.26. The molecule has 3 nitrogen and oxygen atoms in total. The number of fused-ring (bicyclic) bond motifs is 1. The highest BCUT2D eigenvalue weighted by Gasteiger charge is 2.59. The van der Waals surface area contributed by atoms with Crippen molar-refractivity contribution in [3.05, 3.63) is 23.8 Å². The second-order valence-electron chi connectivity index (χ2n) is 4.13. The van der Waals surface area contributed by atoms with E-state index < -0.39 is 5.60 Å². The first-order valence-corrected chi connectivity index (χ1v) is 4.80. The van der Waals surface area contributed by atoms with Crippen molar-refractivity contribution in [2.75, 3.05) is 6.61 Å². The second-order valence-corrected chi connectivity index (χ2v) is 4.13. The molecule has 1 saturated carbocycles. The molecule has 2 atom stereocenters. The topological polar surface area (TPSA) is 38.7 Å². The molecule has 1 fully saturated rings. The van der Waals surface area contributed by atoms with Crippen LogP contribution in [0.15, 0.2) is 18.2 Å². The second kappa shape index (κ2) is 2.42. The average Bonchev–Trinajstić information content (AvgIpc) is 2.77. The van der Waals surface area contributed by atoms with E-state index in [1.54, 1.807) is 0 Å². The summed E-state index contributed by atoms with van der Waals surface area (Å²) in [5.74, 6) is 1.54. The van der Waals surface area contributed by atoms with Crippen molar-refractivity contribution in [1.29, 1.82) is 0 Å². The van der Waals surface area contributed by atoms with Gasteiger partial charge in [0.1, 0.15) is 12.7 Å². The highest BCUT2D eigenvalue weighted by molar-refractivity contribution is 5.45. The van der Waals surface area contributed by atoms with Gasteiger partial charge in [-0.15, -0.1) is 0 Å². The third-order valence-electron chi connectivity index (χ3n) is 2.87. The van der Waals surface area contributed by atoms with Crippen LogP contribution in [-0.4, -0.2) is 23.4 Å². The van der Waals surface area contributed by atoms with E-state index in [1.165, 1.54) is 0 Å². The van der Waals surface area contributed by atoms with Crippen LogP contribution < -0.4 is 9.47 Å². The third-order valence-corrected chi connectivity index (χ3v) is 2.87.